The minimum absolute atomic E-state index is 0.0837. The maximum atomic E-state index is 13.3. The molecule has 0 bridgehead atoms. The largest absolute Gasteiger partial charge is 0.467 e. The lowest BCUT2D eigenvalue weighted by Gasteiger charge is -2.42. The summed E-state index contributed by atoms with van der Waals surface area (Å²) in [5, 5.41) is 12.5. The monoisotopic (exact) mass is 622 g/mol. The van der Waals surface area contributed by atoms with Crippen molar-refractivity contribution in [3.05, 3.63) is 29.3 Å². The first-order chi connectivity index (χ1) is 20.0. The number of amides is 4. The number of piperidine rings is 1. The Morgan fingerprint density at radius 3 is 2.26 bits per heavy atom. The van der Waals surface area contributed by atoms with E-state index in [1.54, 1.807) is 0 Å². The van der Waals surface area contributed by atoms with E-state index in [2.05, 4.69) is 5.32 Å². The number of anilines is 1. The van der Waals surface area contributed by atoms with Crippen molar-refractivity contribution in [2.24, 2.45) is 5.41 Å². The average molecular weight is 623 g/mol. The van der Waals surface area contributed by atoms with Gasteiger partial charge in [0.1, 0.15) is 12.1 Å². The molecular weight excluding hydrogens is 590 g/mol. The number of hydrogen-bond donors (Lipinski definition) is 2. The number of β-amino-alcohol motifs (C(OH)–C–C–N with tert-alkyl or cyclic N) is 1. The normalized spacial score (nSPS) is 22.8. The van der Waals surface area contributed by atoms with Crippen LogP contribution in [0.1, 0.15) is 50.2 Å². The van der Waals surface area contributed by atoms with Crippen LogP contribution < -0.4 is 5.32 Å². The zero-order valence-electron chi connectivity index (χ0n) is 23.4. The molecule has 3 fully saturated rings. The van der Waals surface area contributed by atoms with Gasteiger partial charge in [0.05, 0.1) is 24.3 Å². The van der Waals surface area contributed by atoms with Crippen molar-refractivity contribution in [2.75, 3.05) is 38.6 Å². The molecule has 16 heteroatoms. The number of alkyl halides is 6. The van der Waals surface area contributed by atoms with Crippen LogP contribution in [-0.2, 0) is 31.5 Å². The van der Waals surface area contributed by atoms with E-state index in [1.165, 1.54) is 11.8 Å². The molecule has 3 unspecified atom stereocenters. The van der Waals surface area contributed by atoms with Gasteiger partial charge in [-0.3, -0.25) is 9.59 Å². The maximum Gasteiger partial charge on any atom is 0.417 e. The van der Waals surface area contributed by atoms with Crippen molar-refractivity contribution >= 4 is 29.5 Å². The van der Waals surface area contributed by atoms with Crippen LogP contribution in [0.3, 0.4) is 0 Å². The van der Waals surface area contributed by atoms with Gasteiger partial charge in [0.25, 0.3) is 0 Å². The zero-order valence-corrected chi connectivity index (χ0v) is 23.4. The summed E-state index contributed by atoms with van der Waals surface area (Å²) in [6, 6.07) is -2.35. The molecule has 10 nitrogen and oxygen atoms in total. The van der Waals surface area contributed by atoms with E-state index >= 15 is 0 Å². The summed E-state index contributed by atoms with van der Waals surface area (Å²) in [4.78, 5) is 55.3. The van der Waals surface area contributed by atoms with Crippen molar-refractivity contribution in [3.8, 4) is 0 Å². The predicted octanol–water partition coefficient (Wildman–Crippen LogP) is 3.48. The van der Waals surface area contributed by atoms with Gasteiger partial charge in [0.2, 0.25) is 11.8 Å². The van der Waals surface area contributed by atoms with Crippen molar-refractivity contribution in [3.63, 3.8) is 0 Å². The molecule has 4 rings (SSSR count). The number of ether oxygens (including phenoxy) is 1. The fourth-order valence-corrected chi connectivity index (χ4v) is 5.72. The SMILES string of the molecule is COC(=O)C(CCC(=O)N1CCC2(CC2)C(O)C1)N1CCN(C(=O)Nc2ccc(C(F)(F)F)c(C(F)(F)F)c2)C(C)C1=O. The molecule has 2 saturated heterocycles. The molecule has 3 atom stereocenters. The Balaban J connectivity index is 1.40. The van der Waals surface area contributed by atoms with Crippen molar-refractivity contribution in [1.29, 1.82) is 0 Å². The Hall–Kier alpha value is -3.56. The van der Waals surface area contributed by atoms with Gasteiger partial charge in [-0.15, -0.1) is 0 Å². The van der Waals surface area contributed by atoms with Crippen LogP contribution >= 0.6 is 0 Å². The van der Waals surface area contributed by atoms with Crippen molar-refractivity contribution in [2.45, 2.75) is 69.6 Å². The maximum absolute atomic E-state index is 13.3. The number of urea groups is 1. The smallest absolute Gasteiger partial charge is 0.417 e. The highest BCUT2D eigenvalue weighted by molar-refractivity contribution is 5.96. The second-order valence-corrected chi connectivity index (χ2v) is 11.1. The molecule has 1 spiro atoms. The number of esters is 1. The molecule has 0 aromatic heterocycles. The van der Waals surface area contributed by atoms with Crippen molar-refractivity contribution < 1.29 is 55.4 Å². The number of aliphatic hydroxyl groups excluding tert-OH is 1. The Bertz CT molecular complexity index is 1270. The number of nitrogens with one attached hydrogen (secondary N) is 1. The number of piperazine rings is 1. The Kier molecular flexibility index (Phi) is 8.91. The fraction of sp³-hybridized carbons (Fsp3) is 0.630. The number of carbonyl (C=O) groups is 4. The second kappa shape index (κ2) is 11.8. The van der Waals surface area contributed by atoms with E-state index < -0.39 is 65.3 Å². The number of likely N-dealkylation sites (tertiary alicyclic amines) is 1. The van der Waals surface area contributed by atoms with Gasteiger partial charge in [-0.2, -0.15) is 26.3 Å². The van der Waals surface area contributed by atoms with Crippen molar-refractivity contribution in [1.82, 2.24) is 14.7 Å². The number of rotatable bonds is 6. The highest BCUT2D eigenvalue weighted by Gasteiger charge is 2.52. The van der Waals surface area contributed by atoms with E-state index in [9.17, 15) is 50.6 Å². The average Bonchev–Trinajstić information content (AvgIpc) is 3.71. The van der Waals surface area contributed by atoms with Crippen LogP contribution in [0, 0.1) is 5.41 Å². The number of carbonyl (C=O) groups excluding carboxylic acids is 4. The molecule has 2 N–H and O–H groups in total. The van der Waals surface area contributed by atoms with Gasteiger partial charge in [0, 0.05) is 38.3 Å². The number of benzene rings is 1. The van der Waals surface area contributed by atoms with E-state index in [1.807, 2.05) is 0 Å². The van der Waals surface area contributed by atoms with Gasteiger partial charge in [-0.25, -0.2) is 9.59 Å². The van der Waals surface area contributed by atoms with Gasteiger partial charge >= 0.3 is 24.4 Å². The number of nitrogens with zero attached hydrogens (tertiary/aromatic N) is 3. The van der Waals surface area contributed by atoms with Crippen LogP contribution in [0.25, 0.3) is 0 Å². The van der Waals surface area contributed by atoms with Crippen LogP contribution in [0.15, 0.2) is 18.2 Å². The molecule has 0 radical (unpaired) electrons. The third kappa shape index (κ3) is 6.83. The summed E-state index contributed by atoms with van der Waals surface area (Å²) in [6.45, 7) is 1.63. The third-order valence-electron chi connectivity index (χ3n) is 8.54. The summed E-state index contributed by atoms with van der Waals surface area (Å²) in [5.74, 6) is -1.78. The molecular formula is C27H32F6N4O6. The summed E-state index contributed by atoms with van der Waals surface area (Å²) in [5.41, 5.74) is -4.56. The van der Waals surface area contributed by atoms with Crippen LogP contribution in [0.4, 0.5) is 36.8 Å². The summed E-state index contributed by atoms with van der Waals surface area (Å²) in [6.07, 6.45) is -8.92. The van der Waals surface area contributed by atoms with Gasteiger partial charge in [0.15, 0.2) is 0 Å². The number of methoxy groups -OCH3 is 1. The molecule has 1 aromatic rings. The Morgan fingerprint density at radius 1 is 1.05 bits per heavy atom. The first-order valence-electron chi connectivity index (χ1n) is 13.7. The fourth-order valence-electron chi connectivity index (χ4n) is 5.72. The molecule has 2 aliphatic heterocycles. The highest BCUT2D eigenvalue weighted by Crippen LogP contribution is 2.53. The molecule has 3 aliphatic rings. The molecule has 1 saturated carbocycles. The van der Waals surface area contributed by atoms with E-state index in [0.29, 0.717) is 19.0 Å². The van der Waals surface area contributed by atoms with E-state index in [4.69, 9.17) is 4.74 Å². The van der Waals surface area contributed by atoms with Crippen LogP contribution in [0.2, 0.25) is 0 Å². The summed E-state index contributed by atoms with van der Waals surface area (Å²) < 4.78 is 84.0. The molecule has 4 amide bonds. The van der Waals surface area contributed by atoms with E-state index in [0.717, 1.165) is 29.8 Å². The third-order valence-corrected chi connectivity index (χ3v) is 8.54. The lowest BCUT2D eigenvalue weighted by atomic mass is 9.90. The summed E-state index contributed by atoms with van der Waals surface area (Å²) >= 11 is 0. The highest BCUT2D eigenvalue weighted by atomic mass is 19.4. The lowest BCUT2D eigenvalue weighted by molar-refractivity contribution is -0.162. The number of aliphatic hydroxyl groups is 1. The second-order valence-electron chi connectivity index (χ2n) is 11.1. The molecule has 1 aliphatic carbocycles. The number of hydrogen-bond acceptors (Lipinski definition) is 6. The first kappa shape index (κ1) is 32.4. The molecule has 43 heavy (non-hydrogen) atoms. The molecule has 238 valence electrons. The Labute approximate surface area is 242 Å². The van der Waals surface area contributed by atoms with Crippen LogP contribution in [0.5, 0.6) is 0 Å². The Morgan fingerprint density at radius 2 is 1.70 bits per heavy atom. The van der Waals surface area contributed by atoms with Gasteiger partial charge in [-0.05, 0) is 56.2 Å². The topological polar surface area (TPSA) is 119 Å². The summed E-state index contributed by atoms with van der Waals surface area (Å²) in [7, 11) is 1.12. The number of halogens is 6. The molecule has 2 heterocycles. The zero-order chi connectivity index (χ0) is 31.9. The van der Waals surface area contributed by atoms with Crippen LogP contribution in [-0.4, -0.2) is 95.1 Å². The first-order valence-corrected chi connectivity index (χ1v) is 13.7. The van der Waals surface area contributed by atoms with Gasteiger partial charge < -0.3 is 29.9 Å². The lowest BCUT2D eigenvalue weighted by Crippen LogP contribution is -2.62. The predicted molar refractivity (Wildman–Crippen MR) is 137 cm³/mol. The quantitative estimate of drug-likeness (QED) is 0.371. The standard InChI is InChI=1S/C27H32F6N4O6/c1-15-22(40)37(19(23(41)43-2)5-6-21(39)35-10-9-25(7-8-25)20(38)14-35)12-11-36(15)24(42)34-16-3-4-17(26(28,29)30)18(13-16)27(31,32)33/h3-4,13,15,19-20,38H,5-12,14H2,1-2H3,(H,34,42). The molecule has 1 aromatic carbocycles. The van der Waals surface area contributed by atoms with E-state index in [-0.39, 0.29) is 55.9 Å². The van der Waals surface area contributed by atoms with Gasteiger partial charge in [-0.1, -0.05) is 0 Å². The minimum atomic E-state index is -5.35. The minimum Gasteiger partial charge on any atom is -0.467 e.